The topological polar surface area (TPSA) is 41.6 Å². The van der Waals surface area contributed by atoms with Crippen molar-refractivity contribution < 1.29 is 1.43 Å². The van der Waals surface area contributed by atoms with E-state index in [1.54, 1.807) is 0 Å². The lowest BCUT2D eigenvalue weighted by Crippen LogP contribution is -1.78. The lowest BCUT2D eigenvalue weighted by molar-refractivity contribution is 1.17. The summed E-state index contributed by atoms with van der Waals surface area (Å²) in [5, 5.41) is 0. The van der Waals surface area contributed by atoms with Gasteiger partial charge in [0.25, 0.3) is 0 Å². The Kier molecular flexibility index (Phi) is 1.18. The molecule has 0 saturated carbocycles. The first-order valence-electron chi connectivity index (χ1n) is 3.55. The van der Waals surface area contributed by atoms with E-state index in [1.165, 1.54) is 0 Å². The van der Waals surface area contributed by atoms with Crippen molar-refractivity contribution in [2.24, 2.45) is 0 Å². The van der Waals surface area contributed by atoms with Gasteiger partial charge in [-0.1, -0.05) is 0 Å². The Bertz CT molecular complexity index is 394. The fourth-order valence-corrected chi connectivity index (χ4v) is 1.14. The number of aromatic amines is 1. The Labute approximate surface area is 66.0 Å². The van der Waals surface area contributed by atoms with E-state index in [2.05, 4.69) is 15.0 Å². The van der Waals surface area contributed by atoms with E-state index in [4.69, 9.17) is 0 Å². The minimum Gasteiger partial charge on any atom is -0.341 e. The third-order valence-corrected chi connectivity index (χ3v) is 1.62. The molecule has 0 aliphatic rings. The van der Waals surface area contributed by atoms with Crippen LogP contribution < -0.4 is 0 Å². The second-order valence-corrected chi connectivity index (χ2v) is 2.67. The molecule has 2 aromatic rings. The molecule has 2 aromatic heterocycles. The van der Waals surface area contributed by atoms with Gasteiger partial charge in [0, 0.05) is 7.12 Å². The zero-order valence-corrected chi connectivity index (χ0v) is 6.55. The minimum absolute atomic E-state index is 0. The molecule has 0 atom stereocenters. The van der Waals surface area contributed by atoms with Gasteiger partial charge in [0.15, 0.2) is 0 Å². The largest absolute Gasteiger partial charge is 0.341 e. The molecule has 0 amide bonds. The molecular formula is C8H11N3. The van der Waals surface area contributed by atoms with Crippen molar-refractivity contribution in [1.82, 2.24) is 15.0 Å². The minimum atomic E-state index is 0. The van der Waals surface area contributed by atoms with Crippen molar-refractivity contribution in [3.63, 3.8) is 0 Å². The van der Waals surface area contributed by atoms with Crippen molar-refractivity contribution in [2.75, 3.05) is 0 Å². The monoisotopic (exact) mass is 149 g/mol. The second-order valence-electron chi connectivity index (χ2n) is 2.67. The molecule has 2 heterocycles. The van der Waals surface area contributed by atoms with Crippen LogP contribution in [-0.4, -0.2) is 15.0 Å². The van der Waals surface area contributed by atoms with Crippen molar-refractivity contribution in [2.45, 2.75) is 13.8 Å². The maximum absolute atomic E-state index is 4.28. The highest BCUT2D eigenvalue weighted by Crippen LogP contribution is 2.09. The number of pyridine rings is 1. The van der Waals surface area contributed by atoms with Crippen LogP contribution in [0.3, 0.4) is 0 Å². The van der Waals surface area contributed by atoms with Crippen LogP contribution in [-0.2, 0) is 0 Å². The molecule has 11 heavy (non-hydrogen) atoms. The molecule has 0 fully saturated rings. The lowest BCUT2D eigenvalue weighted by atomic mass is 10.3. The zero-order valence-electron chi connectivity index (χ0n) is 6.55. The van der Waals surface area contributed by atoms with Crippen LogP contribution in [0, 0.1) is 13.8 Å². The fourth-order valence-electron chi connectivity index (χ4n) is 1.14. The third kappa shape index (κ3) is 0.981. The van der Waals surface area contributed by atoms with E-state index in [0.717, 1.165) is 22.6 Å². The molecule has 0 aliphatic carbocycles. The van der Waals surface area contributed by atoms with Gasteiger partial charge in [-0.25, -0.2) is 4.98 Å². The van der Waals surface area contributed by atoms with E-state index in [9.17, 15) is 0 Å². The van der Waals surface area contributed by atoms with Crippen molar-refractivity contribution >= 4 is 11.0 Å². The zero-order chi connectivity index (χ0) is 7.84. The van der Waals surface area contributed by atoms with Crippen molar-refractivity contribution in [3.05, 3.63) is 23.8 Å². The molecule has 2 rings (SSSR count). The second kappa shape index (κ2) is 2.05. The Balaban J connectivity index is 0.000000720. The van der Waals surface area contributed by atoms with Crippen LogP contribution in [0.4, 0.5) is 0 Å². The number of nitrogens with zero attached hydrogens (tertiary/aromatic N) is 2. The van der Waals surface area contributed by atoms with Gasteiger partial charge in [-0.2, -0.15) is 0 Å². The number of fused-ring (bicyclic) bond motifs is 1. The van der Waals surface area contributed by atoms with Crippen LogP contribution in [0.15, 0.2) is 12.3 Å². The van der Waals surface area contributed by atoms with E-state index < -0.39 is 0 Å². The number of aromatic nitrogens is 3. The predicted octanol–water partition coefficient (Wildman–Crippen LogP) is 1.82. The Morgan fingerprint density at radius 1 is 1.45 bits per heavy atom. The van der Waals surface area contributed by atoms with Crippen molar-refractivity contribution in [3.8, 4) is 0 Å². The number of nitrogens with one attached hydrogen (secondary N) is 1. The molecule has 3 heteroatoms. The van der Waals surface area contributed by atoms with Gasteiger partial charge in [0.1, 0.15) is 5.82 Å². The molecule has 58 valence electrons. The molecule has 0 aromatic carbocycles. The highest BCUT2D eigenvalue weighted by atomic mass is 14.9. The van der Waals surface area contributed by atoms with Crippen LogP contribution in [0.1, 0.15) is 12.9 Å². The number of hydrogen-bond donors (Lipinski definition) is 1. The number of aryl methyl sites for hydroxylation is 2. The maximum Gasteiger partial charge on any atom is 0.104 e. The molecule has 0 saturated heterocycles. The van der Waals surface area contributed by atoms with Gasteiger partial charge in [-0.15, -0.1) is 0 Å². The highest BCUT2D eigenvalue weighted by molar-refractivity contribution is 5.74. The van der Waals surface area contributed by atoms with Gasteiger partial charge in [-0.05, 0) is 19.9 Å². The third-order valence-electron chi connectivity index (χ3n) is 1.62. The van der Waals surface area contributed by atoms with E-state index in [1.807, 2.05) is 26.1 Å². The average molecular weight is 149 g/mol. The molecular weight excluding hydrogens is 138 g/mol. The first-order chi connectivity index (χ1) is 5.25. The summed E-state index contributed by atoms with van der Waals surface area (Å²) in [7, 11) is 0. The molecule has 0 radical (unpaired) electrons. The van der Waals surface area contributed by atoms with E-state index >= 15 is 0 Å². The Morgan fingerprint density at radius 2 is 2.27 bits per heavy atom. The molecule has 1 N–H and O–H groups in total. The quantitative estimate of drug-likeness (QED) is 0.620. The maximum atomic E-state index is 4.28. The molecule has 3 nitrogen and oxygen atoms in total. The van der Waals surface area contributed by atoms with Crippen molar-refractivity contribution in [1.29, 1.82) is 0 Å². The smallest absolute Gasteiger partial charge is 0.104 e. The Morgan fingerprint density at radius 3 is 3.09 bits per heavy atom. The summed E-state index contributed by atoms with van der Waals surface area (Å²) in [5.74, 6) is 0.937. The SMILES string of the molecule is Cc1cc2nc(C)[nH]c2cn1.[HH]. The van der Waals surface area contributed by atoms with Crippen LogP contribution in [0.2, 0.25) is 0 Å². The molecule has 0 aliphatic heterocycles. The molecule has 0 unspecified atom stereocenters. The lowest BCUT2D eigenvalue weighted by Gasteiger charge is -1.88. The highest BCUT2D eigenvalue weighted by Gasteiger charge is 1.97. The summed E-state index contributed by atoms with van der Waals surface area (Å²) in [4.78, 5) is 11.5. The number of imidazole rings is 1. The summed E-state index contributed by atoms with van der Waals surface area (Å²) < 4.78 is 0. The van der Waals surface area contributed by atoms with Crippen LogP contribution >= 0.6 is 0 Å². The summed E-state index contributed by atoms with van der Waals surface area (Å²) in [6, 6.07) is 1.97. The fraction of sp³-hybridized carbons (Fsp3) is 0.250. The van der Waals surface area contributed by atoms with Gasteiger partial charge < -0.3 is 4.98 Å². The first-order valence-corrected chi connectivity index (χ1v) is 3.55. The van der Waals surface area contributed by atoms with Gasteiger partial charge >= 0.3 is 0 Å². The first kappa shape index (κ1) is 6.34. The summed E-state index contributed by atoms with van der Waals surface area (Å²) in [6.07, 6.45) is 1.81. The number of hydrogen-bond acceptors (Lipinski definition) is 2. The molecule has 0 spiro atoms. The van der Waals surface area contributed by atoms with Crippen LogP contribution in [0.5, 0.6) is 0 Å². The normalized spacial score (nSPS) is 10.7. The predicted molar refractivity (Wildman–Crippen MR) is 45.5 cm³/mol. The van der Waals surface area contributed by atoms with Gasteiger partial charge in [0.05, 0.1) is 17.2 Å². The van der Waals surface area contributed by atoms with E-state index in [-0.39, 0.29) is 1.43 Å². The average Bonchev–Trinajstić information content (AvgIpc) is 2.27. The van der Waals surface area contributed by atoms with Gasteiger partial charge in [-0.3, -0.25) is 4.98 Å². The Hall–Kier alpha value is -1.38. The summed E-state index contributed by atoms with van der Waals surface area (Å²) in [5.41, 5.74) is 3.01. The van der Waals surface area contributed by atoms with Gasteiger partial charge in [0.2, 0.25) is 0 Å². The van der Waals surface area contributed by atoms with E-state index in [0.29, 0.717) is 0 Å². The molecule has 0 bridgehead atoms. The summed E-state index contributed by atoms with van der Waals surface area (Å²) in [6.45, 7) is 3.90. The summed E-state index contributed by atoms with van der Waals surface area (Å²) >= 11 is 0. The number of rotatable bonds is 0. The standard InChI is InChI=1S/C8H9N3.H2/c1-5-3-7-8(4-9-5)11-6(2)10-7;/h3-4H,1-2H3,(H,10,11);1H. The number of H-pyrrole nitrogens is 1. The van der Waals surface area contributed by atoms with Crippen LogP contribution in [0.25, 0.3) is 11.0 Å².